The Morgan fingerprint density at radius 1 is 0.809 bits per heavy atom. The van der Waals surface area contributed by atoms with Crippen molar-refractivity contribution >= 4 is 27.5 Å². The van der Waals surface area contributed by atoms with Crippen molar-refractivity contribution in [2.24, 2.45) is 5.92 Å². The molecule has 0 radical (unpaired) electrons. The second-order valence-electron chi connectivity index (χ2n) is 11.4. The van der Waals surface area contributed by atoms with E-state index >= 15 is 0 Å². The zero-order valence-electron chi connectivity index (χ0n) is 26.9. The molecule has 0 fully saturated rings. The summed E-state index contributed by atoms with van der Waals surface area (Å²) in [5, 5.41) is 2.95. The van der Waals surface area contributed by atoms with Gasteiger partial charge in [0.1, 0.15) is 18.4 Å². The summed E-state index contributed by atoms with van der Waals surface area (Å²) in [6.45, 7) is 3.59. The molecule has 0 aliphatic heterocycles. The van der Waals surface area contributed by atoms with Crippen molar-refractivity contribution in [1.29, 1.82) is 0 Å². The number of carbonyl (C=O) groups is 2. The van der Waals surface area contributed by atoms with Crippen LogP contribution in [0, 0.1) is 11.7 Å². The van der Waals surface area contributed by atoms with Gasteiger partial charge in [0.2, 0.25) is 11.8 Å². The number of nitrogens with zero attached hydrogens (tertiary/aromatic N) is 2. The second-order valence-corrected chi connectivity index (χ2v) is 13.2. The number of ether oxygens (including phenoxy) is 2. The molecule has 0 saturated heterocycles. The van der Waals surface area contributed by atoms with Gasteiger partial charge < -0.3 is 19.7 Å². The Morgan fingerprint density at radius 3 is 2.02 bits per heavy atom. The largest absolute Gasteiger partial charge is 0.493 e. The molecular formula is C36H40FN3O6S. The molecule has 0 bridgehead atoms. The first-order valence-corrected chi connectivity index (χ1v) is 16.6. The Labute approximate surface area is 276 Å². The molecule has 0 saturated carbocycles. The lowest BCUT2D eigenvalue weighted by molar-refractivity contribution is -0.140. The lowest BCUT2D eigenvalue weighted by atomic mass is 10.0. The van der Waals surface area contributed by atoms with E-state index in [1.807, 2.05) is 44.2 Å². The first-order valence-electron chi connectivity index (χ1n) is 15.2. The molecule has 2 amide bonds. The van der Waals surface area contributed by atoms with Crippen LogP contribution in [0.5, 0.6) is 11.5 Å². The number of benzene rings is 4. The topological polar surface area (TPSA) is 105 Å². The fraction of sp³-hybridized carbons (Fsp3) is 0.278. The van der Waals surface area contributed by atoms with Crippen LogP contribution in [0.25, 0.3) is 0 Å². The molecule has 1 atom stereocenters. The maximum Gasteiger partial charge on any atom is 0.264 e. The molecule has 248 valence electrons. The molecule has 11 heteroatoms. The zero-order chi connectivity index (χ0) is 34.0. The van der Waals surface area contributed by atoms with Gasteiger partial charge in [-0.3, -0.25) is 13.9 Å². The van der Waals surface area contributed by atoms with Crippen molar-refractivity contribution in [3.63, 3.8) is 0 Å². The van der Waals surface area contributed by atoms with Gasteiger partial charge in [-0.05, 0) is 53.4 Å². The Bertz CT molecular complexity index is 1740. The van der Waals surface area contributed by atoms with Crippen molar-refractivity contribution in [3.8, 4) is 11.5 Å². The standard InChI is InChI=1S/C36H40FN3O6S/c1-26(2)23-38-36(42)32(21-27-11-7-5-8-12-27)39(24-28-15-17-29(37)18-16-28)35(41)25-40(47(43,44)31-13-9-6-10-14-31)30-19-20-33(45-3)34(22-30)46-4/h5-20,22,26,32H,21,23-25H2,1-4H3,(H,38,42)/t32-/m0/s1. The third kappa shape index (κ3) is 9.10. The van der Waals surface area contributed by atoms with E-state index in [-0.39, 0.29) is 41.1 Å². The maximum absolute atomic E-state index is 14.5. The van der Waals surface area contributed by atoms with Crippen molar-refractivity contribution in [2.75, 3.05) is 31.6 Å². The van der Waals surface area contributed by atoms with Crippen molar-refractivity contribution in [2.45, 2.75) is 37.8 Å². The quantitative estimate of drug-likeness (QED) is 0.182. The van der Waals surface area contributed by atoms with Crippen LogP contribution in [0.15, 0.2) is 108 Å². The molecule has 0 spiro atoms. The first-order chi connectivity index (χ1) is 22.5. The predicted octanol–water partition coefficient (Wildman–Crippen LogP) is 5.45. The highest BCUT2D eigenvalue weighted by molar-refractivity contribution is 7.92. The van der Waals surface area contributed by atoms with Crippen LogP contribution in [-0.2, 0) is 32.6 Å². The molecule has 0 aliphatic carbocycles. The van der Waals surface area contributed by atoms with Gasteiger partial charge in [-0.1, -0.05) is 74.5 Å². The lowest BCUT2D eigenvalue weighted by Crippen LogP contribution is -2.53. The molecule has 9 nitrogen and oxygen atoms in total. The summed E-state index contributed by atoms with van der Waals surface area (Å²) in [4.78, 5) is 29.7. The van der Waals surface area contributed by atoms with E-state index in [1.54, 1.807) is 24.3 Å². The van der Waals surface area contributed by atoms with Gasteiger partial charge in [-0.15, -0.1) is 0 Å². The molecule has 4 aromatic carbocycles. The average molecular weight is 662 g/mol. The minimum atomic E-state index is -4.29. The smallest absolute Gasteiger partial charge is 0.264 e. The number of halogens is 1. The van der Waals surface area contributed by atoms with Gasteiger partial charge in [0.15, 0.2) is 11.5 Å². The highest BCUT2D eigenvalue weighted by Gasteiger charge is 2.35. The Morgan fingerprint density at radius 2 is 1.43 bits per heavy atom. The summed E-state index contributed by atoms with van der Waals surface area (Å²) in [5.74, 6) is -0.679. The third-order valence-corrected chi connectivity index (χ3v) is 9.28. The van der Waals surface area contributed by atoms with E-state index in [2.05, 4.69) is 5.32 Å². The van der Waals surface area contributed by atoms with Crippen LogP contribution >= 0.6 is 0 Å². The average Bonchev–Trinajstić information content (AvgIpc) is 3.08. The number of methoxy groups -OCH3 is 2. The van der Waals surface area contributed by atoms with Gasteiger partial charge >= 0.3 is 0 Å². The predicted molar refractivity (Wildman–Crippen MR) is 179 cm³/mol. The first kappa shape index (κ1) is 35.0. The molecule has 0 aromatic heterocycles. The number of anilines is 1. The fourth-order valence-electron chi connectivity index (χ4n) is 4.99. The number of carbonyl (C=O) groups excluding carboxylic acids is 2. The highest BCUT2D eigenvalue weighted by atomic mass is 32.2. The van der Waals surface area contributed by atoms with E-state index in [0.717, 1.165) is 9.87 Å². The Hall–Kier alpha value is -4.90. The van der Waals surface area contributed by atoms with Gasteiger partial charge in [-0.2, -0.15) is 0 Å². The van der Waals surface area contributed by atoms with Gasteiger partial charge in [0.05, 0.1) is 24.8 Å². The monoisotopic (exact) mass is 661 g/mol. The van der Waals surface area contributed by atoms with Crippen LogP contribution in [0.4, 0.5) is 10.1 Å². The van der Waals surface area contributed by atoms with Crippen molar-refractivity contribution in [1.82, 2.24) is 10.2 Å². The Kier molecular flexibility index (Phi) is 12.0. The second kappa shape index (κ2) is 16.1. The minimum Gasteiger partial charge on any atom is -0.493 e. The number of rotatable bonds is 15. The van der Waals surface area contributed by atoms with Gasteiger partial charge in [-0.25, -0.2) is 12.8 Å². The summed E-state index contributed by atoms with van der Waals surface area (Å²) in [6, 6.07) is 26.2. The summed E-state index contributed by atoms with van der Waals surface area (Å²) < 4.78 is 54.0. The maximum atomic E-state index is 14.5. The SMILES string of the molecule is COc1ccc(N(CC(=O)N(Cc2ccc(F)cc2)[C@@H](Cc2ccccc2)C(=O)NCC(C)C)S(=O)(=O)c2ccccc2)cc1OC. The van der Waals surface area contributed by atoms with Crippen LogP contribution in [-0.4, -0.2) is 58.5 Å². The molecule has 0 aliphatic rings. The van der Waals surface area contributed by atoms with E-state index in [9.17, 15) is 22.4 Å². The van der Waals surface area contributed by atoms with E-state index in [1.165, 1.54) is 67.7 Å². The molecule has 4 rings (SSSR count). The normalized spacial score (nSPS) is 11.9. The van der Waals surface area contributed by atoms with E-state index in [0.29, 0.717) is 17.9 Å². The molecule has 0 heterocycles. The number of hydrogen-bond donors (Lipinski definition) is 1. The molecule has 4 aromatic rings. The van der Waals surface area contributed by atoms with Crippen molar-refractivity contribution < 1.29 is 31.9 Å². The van der Waals surface area contributed by atoms with E-state index < -0.39 is 34.3 Å². The van der Waals surface area contributed by atoms with Crippen LogP contribution < -0.4 is 19.1 Å². The minimum absolute atomic E-state index is 0.0248. The number of nitrogens with one attached hydrogen (secondary N) is 1. The summed E-state index contributed by atoms with van der Waals surface area (Å²) >= 11 is 0. The number of hydrogen-bond acceptors (Lipinski definition) is 6. The van der Waals surface area contributed by atoms with Gasteiger partial charge in [0, 0.05) is 25.6 Å². The molecule has 0 unspecified atom stereocenters. The lowest BCUT2D eigenvalue weighted by Gasteiger charge is -2.34. The van der Waals surface area contributed by atoms with Gasteiger partial charge in [0.25, 0.3) is 10.0 Å². The fourth-order valence-corrected chi connectivity index (χ4v) is 6.42. The van der Waals surface area contributed by atoms with Crippen LogP contribution in [0.2, 0.25) is 0 Å². The summed E-state index contributed by atoms with van der Waals surface area (Å²) in [6.07, 6.45) is 0.166. The zero-order valence-corrected chi connectivity index (χ0v) is 27.7. The number of sulfonamides is 1. The summed E-state index contributed by atoms with van der Waals surface area (Å²) in [7, 11) is -1.40. The third-order valence-electron chi connectivity index (χ3n) is 7.49. The molecule has 47 heavy (non-hydrogen) atoms. The van der Waals surface area contributed by atoms with Crippen molar-refractivity contribution in [3.05, 3.63) is 120 Å². The molecular weight excluding hydrogens is 621 g/mol. The van der Waals surface area contributed by atoms with Crippen LogP contribution in [0.1, 0.15) is 25.0 Å². The summed E-state index contributed by atoms with van der Waals surface area (Å²) in [5.41, 5.74) is 1.53. The highest BCUT2D eigenvalue weighted by Crippen LogP contribution is 2.34. The van der Waals surface area contributed by atoms with Crippen LogP contribution in [0.3, 0.4) is 0 Å². The number of amides is 2. The van der Waals surface area contributed by atoms with E-state index in [4.69, 9.17) is 9.47 Å². The molecule has 1 N–H and O–H groups in total. The Balaban J connectivity index is 1.82.